The number of aryl methyl sites for hydroxylation is 4. The molecule has 0 heterocycles. The molecule has 2 aromatic carbocycles. The lowest BCUT2D eigenvalue weighted by atomic mass is 10.1. The summed E-state index contributed by atoms with van der Waals surface area (Å²) in [5.41, 5.74) is 5.18. The van der Waals surface area contributed by atoms with Crippen molar-refractivity contribution in [3.8, 4) is 0 Å². The Morgan fingerprint density at radius 3 is 1.00 bits per heavy atom. The molecule has 0 aliphatic rings. The smallest absolute Gasteiger partial charge is 0.150 e. The highest BCUT2D eigenvalue weighted by Gasteiger charge is 2.01. The molecule has 2 nitrogen and oxygen atoms in total. The molecule has 0 fully saturated rings. The first-order valence-electron chi connectivity index (χ1n) is 7.74. The van der Waals surface area contributed by atoms with Crippen LogP contribution in [0.1, 0.15) is 56.8 Å². The Morgan fingerprint density at radius 2 is 0.833 bits per heavy atom. The van der Waals surface area contributed by atoms with Gasteiger partial charge in [-0.2, -0.15) is 0 Å². The average Bonchev–Trinajstić information content (AvgIpc) is 2.58. The number of carbonyl (C=O) groups is 2. The number of rotatable bonds is 2. The first-order chi connectivity index (χ1) is 11.3. The molecular weight excluding hydrogens is 343 g/mol. The van der Waals surface area contributed by atoms with Crippen LogP contribution < -0.4 is 0 Å². The van der Waals surface area contributed by atoms with E-state index in [1.165, 1.54) is 0 Å². The second-order valence-electron chi connectivity index (χ2n) is 5.17. The summed E-state index contributed by atoms with van der Waals surface area (Å²) in [6.45, 7) is 11.6. The normalized spacial score (nSPS) is 9.17. The van der Waals surface area contributed by atoms with Crippen molar-refractivity contribution in [1.82, 2.24) is 0 Å². The van der Waals surface area contributed by atoms with Gasteiger partial charge in [-0.1, -0.05) is 37.0 Å². The van der Waals surface area contributed by atoms with Gasteiger partial charge in [0.1, 0.15) is 12.6 Å². The van der Waals surface area contributed by atoms with Crippen LogP contribution in [0, 0.1) is 27.7 Å². The molecule has 0 atom stereocenters. The number of benzene rings is 2. The zero-order valence-electron chi connectivity index (χ0n) is 15.0. The maximum atomic E-state index is 10.4. The zero-order valence-corrected chi connectivity index (χ0v) is 16.5. The molecule has 0 amide bonds. The third-order valence-electron chi connectivity index (χ3n) is 3.19. The van der Waals surface area contributed by atoms with Crippen LogP contribution in [0.4, 0.5) is 0 Å². The summed E-state index contributed by atoms with van der Waals surface area (Å²) in [5.74, 6) is 0. The van der Waals surface area contributed by atoms with Crippen molar-refractivity contribution in [2.24, 2.45) is 0 Å². The Morgan fingerprint density at radius 1 is 0.625 bits per heavy atom. The number of aldehydes is 2. The van der Waals surface area contributed by atoms with Gasteiger partial charge in [0, 0.05) is 21.2 Å². The van der Waals surface area contributed by atoms with Crippen LogP contribution in [0.25, 0.3) is 0 Å². The van der Waals surface area contributed by atoms with Crippen LogP contribution in [-0.2, 0) is 0 Å². The maximum Gasteiger partial charge on any atom is 0.150 e. The third kappa shape index (κ3) is 6.46. The molecule has 2 aromatic rings. The molecule has 0 radical (unpaired) electrons. The molecule has 130 valence electrons. The molecule has 0 aromatic heterocycles. The lowest BCUT2D eigenvalue weighted by molar-refractivity contribution is 0.111. The van der Waals surface area contributed by atoms with E-state index in [0.717, 1.165) is 44.9 Å². The van der Waals surface area contributed by atoms with E-state index in [0.29, 0.717) is 11.1 Å². The lowest BCUT2D eigenvalue weighted by Crippen LogP contribution is -1.86. The summed E-state index contributed by atoms with van der Waals surface area (Å²) < 4.78 is 0. The third-order valence-corrected chi connectivity index (χ3v) is 4.38. The van der Waals surface area contributed by atoms with Gasteiger partial charge in [-0.3, -0.25) is 9.59 Å². The van der Waals surface area contributed by atoms with Crippen LogP contribution in [0.3, 0.4) is 0 Å². The quantitative estimate of drug-likeness (QED) is 0.563. The Balaban J connectivity index is 0.000000400. The highest BCUT2D eigenvalue weighted by molar-refractivity contribution is 6.32. The van der Waals surface area contributed by atoms with Gasteiger partial charge in [-0.05, 0) is 74.2 Å². The maximum absolute atomic E-state index is 10.4. The minimum atomic E-state index is 0.685. The van der Waals surface area contributed by atoms with Crippen LogP contribution >= 0.6 is 23.2 Å². The van der Waals surface area contributed by atoms with Crippen molar-refractivity contribution in [3.63, 3.8) is 0 Å². The molecule has 0 unspecified atom stereocenters. The van der Waals surface area contributed by atoms with Gasteiger partial charge in [0.25, 0.3) is 0 Å². The van der Waals surface area contributed by atoms with E-state index >= 15 is 0 Å². The number of carbonyl (C=O) groups excluding carboxylic acids is 2. The highest BCUT2D eigenvalue weighted by Crippen LogP contribution is 2.21. The average molecular weight is 367 g/mol. The fraction of sp³-hybridized carbons (Fsp3) is 0.300. The predicted octanol–water partition coefficient (Wildman–Crippen LogP) is 6.56. The molecule has 0 bridgehead atoms. The summed E-state index contributed by atoms with van der Waals surface area (Å²) in [5, 5.41) is 1.49. The molecule has 0 saturated carbocycles. The van der Waals surface area contributed by atoms with Gasteiger partial charge in [-0.15, -0.1) is 0 Å². The molecule has 24 heavy (non-hydrogen) atoms. The van der Waals surface area contributed by atoms with Crippen molar-refractivity contribution < 1.29 is 9.59 Å². The van der Waals surface area contributed by atoms with Crippen molar-refractivity contribution in [2.75, 3.05) is 0 Å². The summed E-state index contributed by atoms with van der Waals surface area (Å²) in [7, 11) is 0. The summed E-state index contributed by atoms with van der Waals surface area (Å²) >= 11 is 11.8. The topological polar surface area (TPSA) is 34.1 Å². The zero-order chi connectivity index (χ0) is 18.9. The van der Waals surface area contributed by atoms with Crippen LogP contribution in [0.5, 0.6) is 0 Å². The van der Waals surface area contributed by atoms with E-state index in [1.807, 2.05) is 41.5 Å². The van der Waals surface area contributed by atoms with Gasteiger partial charge in [0.2, 0.25) is 0 Å². The van der Waals surface area contributed by atoms with Gasteiger partial charge >= 0.3 is 0 Å². The predicted molar refractivity (Wildman–Crippen MR) is 104 cm³/mol. The van der Waals surface area contributed by atoms with E-state index in [2.05, 4.69) is 0 Å². The number of hydrogen-bond acceptors (Lipinski definition) is 2. The monoisotopic (exact) mass is 366 g/mol. The fourth-order valence-electron chi connectivity index (χ4n) is 2.09. The second-order valence-corrected chi connectivity index (χ2v) is 5.93. The van der Waals surface area contributed by atoms with E-state index in [9.17, 15) is 9.59 Å². The van der Waals surface area contributed by atoms with Crippen LogP contribution in [0.2, 0.25) is 10.0 Å². The minimum absolute atomic E-state index is 0.685. The molecule has 0 aliphatic carbocycles. The van der Waals surface area contributed by atoms with Crippen LogP contribution in [-0.4, -0.2) is 12.6 Å². The van der Waals surface area contributed by atoms with E-state index < -0.39 is 0 Å². The van der Waals surface area contributed by atoms with Crippen molar-refractivity contribution in [2.45, 2.75) is 41.5 Å². The number of hydrogen-bond donors (Lipinski definition) is 0. The molecule has 0 aliphatic heterocycles. The van der Waals surface area contributed by atoms with E-state index in [4.69, 9.17) is 23.2 Å². The Bertz CT molecular complexity index is 599. The number of halogens is 2. The molecular formula is C20H24Cl2O2. The Kier molecular flexibility index (Phi) is 10.3. The molecule has 4 heteroatoms. The lowest BCUT2D eigenvalue weighted by Gasteiger charge is -2.02. The van der Waals surface area contributed by atoms with Crippen molar-refractivity contribution in [3.05, 3.63) is 67.7 Å². The minimum Gasteiger partial charge on any atom is -0.298 e. The van der Waals surface area contributed by atoms with Gasteiger partial charge in [-0.25, -0.2) is 0 Å². The largest absolute Gasteiger partial charge is 0.298 e. The molecule has 0 saturated heterocycles. The molecule has 0 N–H and O–H groups in total. The summed E-state index contributed by atoms with van der Waals surface area (Å²) in [6.07, 6.45) is 1.66. The Hall–Kier alpha value is -1.64. The molecule has 2 rings (SSSR count). The van der Waals surface area contributed by atoms with Gasteiger partial charge in [0.05, 0.1) is 0 Å². The van der Waals surface area contributed by atoms with Crippen molar-refractivity contribution in [1.29, 1.82) is 0 Å². The summed E-state index contributed by atoms with van der Waals surface area (Å²) in [6, 6.07) is 7.12. The first-order valence-corrected chi connectivity index (χ1v) is 8.49. The van der Waals surface area contributed by atoms with E-state index in [-0.39, 0.29) is 0 Å². The first kappa shape index (κ1) is 22.4. The van der Waals surface area contributed by atoms with Crippen molar-refractivity contribution >= 4 is 35.8 Å². The van der Waals surface area contributed by atoms with E-state index in [1.54, 1.807) is 24.3 Å². The SMILES string of the molecule is CC.Cc1cc(C=O)cc(C)c1Cl.Cc1cc(C=O)cc(C)c1Cl. The van der Waals surface area contributed by atoms with Crippen LogP contribution in [0.15, 0.2) is 24.3 Å². The fourth-order valence-corrected chi connectivity index (χ4v) is 2.31. The summed E-state index contributed by atoms with van der Waals surface area (Å²) in [4.78, 5) is 20.8. The highest BCUT2D eigenvalue weighted by atomic mass is 35.5. The van der Waals surface area contributed by atoms with Gasteiger partial charge < -0.3 is 0 Å². The van der Waals surface area contributed by atoms with Gasteiger partial charge in [0.15, 0.2) is 0 Å². The standard InChI is InChI=1S/2C9H9ClO.C2H6/c2*1-6-3-8(5-11)4-7(2)9(6)10;1-2/h2*3-5H,1-2H3;1-2H3. The molecule has 0 spiro atoms. The Labute approximate surface area is 154 Å². The second kappa shape index (κ2) is 11.0.